The van der Waals surface area contributed by atoms with Gasteiger partial charge < -0.3 is 4.90 Å². The minimum absolute atomic E-state index is 0.152. The third-order valence-electron chi connectivity index (χ3n) is 6.44. The van der Waals surface area contributed by atoms with Gasteiger partial charge in [0.25, 0.3) is 0 Å². The van der Waals surface area contributed by atoms with Gasteiger partial charge in [-0.2, -0.15) is 13.2 Å². The Morgan fingerprint density at radius 1 is 1.03 bits per heavy atom. The van der Waals surface area contributed by atoms with Gasteiger partial charge in [-0.05, 0) is 67.4 Å². The van der Waals surface area contributed by atoms with Crippen LogP contribution in [0.3, 0.4) is 0 Å². The predicted octanol–water partition coefficient (Wildman–Crippen LogP) is 5.78. The molecule has 6 heteroatoms. The van der Waals surface area contributed by atoms with Gasteiger partial charge in [-0.25, -0.2) is 0 Å². The van der Waals surface area contributed by atoms with Crippen LogP contribution in [0.4, 0.5) is 13.2 Å². The highest BCUT2D eigenvalue weighted by Crippen LogP contribution is 2.38. The average molecular weight is 423 g/mol. The summed E-state index contributed by atoms with van der Waals surface area (Å²) in [6.07, 6.45) is -0.523. The Kier molecular flexibility index (Phi) is 6.32. The van der Waals surface area contributed by atoms with Gasteiger partial charge in [0, 0.05) is 37.0 Å². The van der Waals surface area contributed by atoms with E-state index in [1.54, 1.807) is 17.4 Å². The van der Waals surface area contributed by atoms with Crippen molar-refractivity contribution in [3.63, 3.8) is 0 Å². The number of halogens is 3. The molecule has 158 valence electrons. The highest BCUT2D eigenvalue weighted by molar-refractivity contribution is 7.10. The van der Waals surface area contributed by atoms with Crippen LogP contribution in [0.2, 0.25) is 0 Å². The zero-order valence-corrected chi connectivity index (χ0v) is 17.7. The van der Waals surface area contributed by atoms with Gasteiger partial charge in [0.1, 0.15) is 0 Å². The van der Waals surface area contributed by atoms with E-state index in [4.69, 9.17) is 0 Å². The maximum absolute atomic E-state index is 13.3. The molecule has 0 radical (unpaired) electrons. The van der Waals surface area contributed by atoms with Crippen LogP contribution >= 0.6 is 11.3 Å². The second-order valence-electron chi connectivity index (χ2n) is 8.57. The Bertz CT molecular complexity index is 810. The van der Waals surface area contributed by atoms with Gasteiger partial charge in [0.05, 0.1) is 5.56 Å². The molecule has 2 aromatic rings. The smallest absolute Gasteiger partial charge is 0.303 e. The average Bonchev–Trinajstić information content (AvgIpc) is 3.28. The lowest BCUT2D eigenvalue weighted by molar-refractivity contribution is -0.137. The molecule has 2 fully saturated rings. The third kappa shape index (κ3) is 5.04. The van der Waals surface area contributed by atoms with Crippen molar-refractivity contribution in [2.45, 2.75) is 44.8 Å². The number of rotatable bonds is 5. The summed E-state index contributed by atoms with van der Waals surface area (Å²) in [5, 5.41) is 2.12. The summed E-state index contributed by atoms with van der Waals surface area (Å²) in [7, 11) is 0. The molecule has 2 nitrogen and oxygen atoms in total. The van der Waals surface area contributed by atoms with Crippen LogP contribution in [0.5, 0.6) is 0 Å². The van der Waals surface area contributed by atoms with E-state index in [2.05, 4.69) is 28.2 Å². The molecule has 2 saturated heterocycles. The first-order valence-corrected chi connectivity index (χ1v) is 11.4. The van der Waals surface area contributed by atoms with Crippen molar-refractivity contribution >= 4 is 11.3 Å². The molecule has 29 heavy (non-hydrogen) atoms. The Morgan fingerprint density at radius 3 is 2.52 bits per heavy atom. The zero-order chi connectivity index (χ0) is 20.4. The van der Waals surface area contributed by atoms with Gasteiger partial charge >= 0.3 is 6.18 Å². The maximum Gasteiger partial charge on any atom is 0.416 e. The molecule has 1 aromatic carbocycles. The summed E-state index contributed by atoms with van der Waals surface area (Å²) >= 11 is 1.78. The Balaban J connectivity index is 1.55. The molecule has 2 atom stereocenters. The predicted molar refractivity (Wildman–Crippen MR) is 112 cm³/mol. The van der Waals surface area contributed by atoms with Crippen molar-refractivity contribution in [1.29, 1.82) is 0 Å². The molecule has 2 aliphatic heterocycles. The monoisotopic (exact) mass is 422 g/mol. The number of alkyl halides is 3. The standard InChI is InChI=1S/C23H29F3N2S/c1-17-8-11-29-22(17)16-28-14-19(13-27-9-3-2-4-10-27)21(15-28)18-6-5-7-20(12-18)23(24,25)26/h5-8,11-12,19,21H,2-4,9-10,13-16H2,1H3/t19-,21-/m1/s1. The summed E-state index contributed by atoms with van der Waals surface area (Å²) < 4.78 is 39.8. The van der Waals surface area contributed by atoms with Gasteiger partial charge in [-0.3, -0.25) is 4.90 Å². The molecule has 0 spiro atoms. The van der Waals surface area contributed by atoms with Crippen LogP contribution in [-0.2, 0) is 12.7 Å². The van der Waals surface area contributed by atoms with Crippen LogP contribution in [0.25, 0.3) is 0 Å². The van der Waals surface area contributed by atoms with Gasteiger partial charge in [-0.1, -0.05) is 24.6 Å². The van der Waals surface area contributed by atoms with E-state index in [1.807, 2.05) is 6.07 Å². The first-order chi connectivity index (χ1) is 13.9. The van der Waals surface area contributed by atoms with E-state index < -0.39 is 11.7 Å². The summed E-state index contributed by atoms with van der Waals surface area (Å²) in [6.45, 7) is 8.05. The minimum atomic E-state index is -4.29. The Morgan fingerprint density at radius 2 is 1.83 bits per heavy atom. The minimum Gasteiger partial charge on any atom is -0.303 e. The van der Waals surface area contributed by atoms with Crippen LogP contribution in [-0.4, -0.2) is 42.5 Å². The second kappa shape index (κ2) is 8.78. The molecular weight excluding hydrogens is 393 g/mol. The molecule has 1 aromatic heterocycles. The molecule has 3 heterocycles. The van der Waals surface area contributed by atoms with Crippen LogP contribution < -0.4 is 0 Å². The molecule has 4 rings (SSSR count). The highest BCUT2D eigenvalue weighted by Gasteiger charge is 2.37. The number of likely N-dealkylation sites (tertiary alicyclic amines) is 2. The van der Waals surface area contributed by atoms with E-state index in [1.165, 1.54) is 41.8 Å². The summed E-state index contributed by atoms with van der Waals surface area (Å²) in [6, 6.07) is 8.18. The third-order valence-corrected chi connectivity index (χ3v) is 7.44. The first-order valence-electron chi connectivity index (χ1n) is 10.5. The van der Waals surface area contributed by atoms with Crippen molar-refractivity contribution in [3.8, 4) is 0 Å². The fourth-order valence-corrected chi connectivity index (χ4v) is 5.79. The Hall–Kier alpha value is -1.37. The number of hydrogen-bond donors (Lipinski definition) is 0. The highest BCUT2D eigenvalue weighted by atomic mass is 32.1. The van der Waals surface area contributed by atoms with Crippen molar-refractivity contribution < 1.29 is 13.2 Å². The van der Waals surface area contributed by atoms with Gasteiger partial charge in [-0.15, -0.1) is 11.3 Å². The van der Waals surface area contributed by atoms with Gasteiger partial charge in [0.2, 0.25) is 0 Å². The molecule has 0 saturated carbocycles. The molecule has 0 N–H and O–H groups in total. The van der Waals surface area contributed by atoms with E-state index in [-0.39, 0.29) is 5.92 Å². The fraction of sp³-hybridized carbons (Fsp3) is 0.565. The molecule has 0 amide bonds. The number of piperidine rings is 1. The lowest BCUT2D eigenvalue weighted by atomic mass is 9.87. The largest absolute Gasteiger partial charge is 0.416 e. The van der Waals surface area contributed by atoms with Crippen LogP contribution in [0, 0.1) is 12.8 Å². The second-order valence-corrected chi connectivity index (χ2v) is 9.57. The van der Waals surface area contributed by atoms with E-state index >= 15 is 0 Å². The quantitative estimate of drug-likeness (QED) is 0.603. The molecule has 0 unspecified atom stereocenters. The zero-order valence-electron chi connectivity index (χ0n) is 16.9. The fourth-order valence-electron chi connectivity index (χ4n) is 4.84. The number of thiophene rings is 1. The van der Waals surface area contributed by atoms with Crippen molar-refractivity contribution in [2.24, 2.45) is 5.92 Å². The number of hydrogen-bond acceptors (Lipinski definition) is 3. The SMILES string of the molecule is Cc1ccsc1CN1C[C@@H](CN2CCCCC2)[C@@H](c2cccc(C(F)(F)F)c2)C1. The number of benzene rings is 1. The molecule has 2 aliphatic rings. The maximum atomic E-state index is 13.3. The van der Waals surface area contributed by atoms with Crippen LogP contribution in [0.15, 0.2) is 35.7 Å². The lowest BCUT2D eigenvalue weighted by Crippen LogP contribution is -2.36. The molecule has 0 bridgehead atoms. The van der Waals surface area contributed by atoms with Crippen molar-refractivity contribution in [3.05, 3.63) is 57.3 Å². The summed E-state index contributed by atoms with van der Waals surface area (Å²) in [4.78, 5) is 6.33. The molecular formula is C23H29F3N2S. The van der Waals surface area contributed by atoms with E-state index in [0.29, 0.717) is 5.92 Å². The van der Waals surface area contributed by atoms with Gasteiger partial charge in [0.15, 0.2) is 0 Å². The number of aryl methyl sites for hydroxylation is 1. The van der Waals surface area contributed by atoms with E-state index in [0.717, 1.165) is 44.8 Å². The number of nitrogens with zero attached hydrogens (tertiary/aromatic N) is 2. The van der Waals surface area contributed by atoms with Crippen molar-refractivity contribution in [2.75, 3.05) is 32.7 Å². The molecule has 0 aliphatic carbocycles. The normalized spacial score (nSPS) is 24.3. The summed E-state index contributed by atoms with van der Waals surface area (Å²) in [5.41, 5.74) is 1.62. The van der Waals surface area contributed by atoms with Crippen LogP contribution in [0.1, 0.15) is 46.7 Å². The first kappa shape index (κ1) is 20.9. The lowest BCUT2D eigenvalue weighted by Gasteiger charge is -2.31. The summed E-state index contributed by atoms with van der Waals surface area (Å²) in [5.74, 6) is 0.524. The van der Waals surface area contributed by atoms with E-state index in [9.17, 15) is 13.2 Å². The topological polar surface area (TPSA) is 6.48 Å². The van der Waals surface area contributed by atoms with Crippen molar-refractivity contribution in [1.82, 2.24) is 9.80 Å². The Labute approximate surface area is 175 Å².